The van der Waals surface area contributed by atoms with Crippen LogP contribution in [0.25, 0.3) is 0 Å². The molecule has 4 rings (SSSR count). The van der Waals surface area contributed by atoms with Crippen LogP contribution in [-0.4, -0.2) is 18.2 Å². The molecule has 3 heterocycles. The number of carbonyl (C=O) groups is 1. The topological polar surface area (TPSA) is 58.7 Å². The molecule has 1 aromatic heterocycles. The fraction of sp³-hybridized carbons (Fsp3) is 0.333. The second-order valence-corrected chi connectivity index (χ2v) is 7.68. The number of carbonyl (C=O) groups excluding carboxylic acids is 1. The van der Waals surface area contributed by atoms with Gasteiger partial charge in [0.2, 0.25) is 0 Å². The summed E-state index contributed by atoms with van der Waals surface area (Å²) in [7, 11) is 0. The molecule has 0 bridgehead atoms. The maximum Gasteiger partial charge on any atom is 0.179 e. The Labute approximate surface area is 139 Å². The SMILES string of the molecule is Cc1cc2c(s1)N=C1N(c3ccc(CN)cc3)CCC1(C)C2=O. The molecule has 0 aliphatic carbocycles. The molecule has 0 amide bonds. The molecule has 1 aromatic carbocycles. The molecule has 1 fully saturated rings. The molecule has 23 heavy (non-hydrogen) atoms. The first-order valence-corrected chi connectivity index (χ1v) is 8.65. The summed E-state index contributed by atoms with van der Waals surface area (Å²) in [5.74, 6) is 1.10. The maximum atomic E-state index is 13.0. The highest BCUT2D eigenvalue weighted by atomic mass is 32.1. The van der Waals surface area contributed by atoms with Crippen LogP contribution in [0.15, 0.2) is 35.3 Å². The van der Waals surface area contributed by atoms with Crippen LogP contribution in [0.2, 0.25) is 0 Å². The molecule has 2 aliphatic heterocycles. The first-order valence-electron chi connectivity index (χ1n) is 7.84. The zero-order valence-electron chi connectivity index (χ0n) is 13.3. The minimum atomic E-state index is -0.507. The summed E-state index contributed by atoms with van der Waals surface area (Å²) in [6.07, 6.45) is 0.803. The molecule has 1 atom stereocenters. The number of fused-ring (bicyclic) bond motifs is 2. The van der Waals surface area contributed by atoms with Gasteiger partial charge in [0.05, 0.1) is 11.0 Å². The molecule has 5 heteroatoms. The zero-order chi connectivity index (χ0) is 16.2. The van der Waals surface area contributed by atoms with E-state index in [1.54, 1.807) is 11.3 Å². The zero-order valence-corrected chi connectivity index (χ0v) is 14.1. The van der Waals surface area contributed by atoms with E-state index in [4.69, 9.17) is 10.7 Å². The largest absolute Gasteiger partial charge is 0.329 e. The molecule has 4 nitrogen and oxygen atoms in total. The van der Waals surface area contributed by atoms with Gasteiger partial charge in [0, 0.05) is 23.7 Å². The molecule has 1 saturated heterocycles. The molecule has 0 saturated carbocycles. The van der Waals surface area contributed by atoms with Crippen molar-refractivity contribution in [3.63, 3.8) is 0 Å². The number of rotatable bonds is 2. The lowest BCUT2D eigenvalue weighted by Crippen LogP contribution is -2.40. The molecular formula is C18H19N3OS. The maximum absolute atomic E-state index is 13.0. The number of amidine groups is 1. The number of aryl methyl sites for hydroxylation is 1. The van der Waals surface area contributed by atoms with E-state index in [0.29, 0.717) is 6.54 Å². The van der Waals surface area contributed by atoms with Crippen molar-refractivity contribution in [1.82, 2.24) is 0 Å². The van der Waals surface area contributed by atoms with Crippen LogP contribution in [0.5, 0.6) is 0 Å². The Morgan fingerprint density at radius 3 is 2.78 bits per heavy atom. The van der Waals surface area contributed by atoms with Crippen molar-refractivity contribution >= 4 is 33.6 Å². The van der Waals surface area contributed by atoms with E-state index in [1.165, 1.54) is 0 Å². The van der Waals surface area contributed by atoms with E-state index in [1.807, 2.05) is 32.0 Å². The van der Waals surface area contributed by atoms with Crippen molar-refractivity contribution in [2.45, 2.75) is 26.8 Å². The van der Waals surface area contributed by atoms with E-state index in [-0.39, 0.29) is 5.78 Å². The second-order valence-electron chi connectivity index (χ2n) is 6.44. The summed E-state index contributed by atoms with van der Waals surface area (Å²) in [5, 5.41) is 0.852. The van der Waals surface area contributed by atoms with Crippen molar-refractivity contribution in [2.75, 3.05) is 11.4 Å². The molecule has 0 spiro atoms. The standard InChI is InChI=1S/C18H19N3OS/c1-11-9-14-15(22)18(2)7-8-21(17(18)20-16(14)23-11)13-5-3-12(10-19)4-6-13/h3-6,9H,7-8,10,19H2,1-2H3. The summed E-state index contributed by atoms with van der Waals surface area (Å²) in [6.45, 7) is 5.41. The Morgan fingerprint density at radius 2 is 2.09 bits per heavy atom. The number of hydrogen-bond acceptors (Lipinski definition) is 5. The highest BCUT2D eigenvalue weighted by Crippen LogP contribution is 2.47. The molecule has 2 N–H and O–H groups in total. The number of thiophene rings is 1. The predicted octanol–water partition coefficient (Wildman–Crippen LogP) is 3.66. The van der Waals surface area contributed by atoms with E-state index in [2.05, 4.69) is 17.0 Å². The van der Waals surface area contributed by atoms with Crippen LogP contribution in [0.4, 0.5) is 10.7 Å². The van der Waals surface area contributed by atoms with Crippen molar-refractivity contribution < 1.29 is 4.79 Å². The number of nitrogens with zero attached hydrogens (tertiary/aromatic N) is 2. The predicted molar refractivity (Wildman–Crippen MR) is 94.9 cm³/mol. The van der Waals surface area contributed by atoms with Crippen molar-refractivity contribution in [3.05, 3.63) is 46.3 Å². The van der Waals surface area contributed by atoms with Crippen molar-refractivity contribution in [3.8, 4) is 0 Å². The highest BCUT2D eigenvalue weighted by Gasteiger charge is 2.50. The lowest BCUT2D eigenvalue weighted by molar-refractivity contribution is 0.0888. The third-order valence-electron chi connectivity index (χ3n) is 4.86. The van der Waals surface area contributed by atoms with Crippen LogP contribution in [0.1, 0.15) is 34.1 Å². The average molecular weight is 325 g/mol. The molecule has 118 valence electrons. The number of ketones is 1. The van der Waals surface area contributed by atoms with E-state index >= 15 is 0 Å². The van der Waals surface area contributed by atoms with Gasteiger partial charge in [-0.2, -0.15) is 0 Å². The Bertz CT molecular complexity index is 821. The van der Waals surface area contributed by atoms with Crippen LogP contribution in [0, 0.1) is 12.3 Å². The summed E-state index contributed by atoms with van der Waals surface area (Å²) >= 11 is 1.59. The van der Waals surface area contributed by atoms with Crippen LogP contribution in [0.3, 0.4) is 0 Å². The first kappa shape index (κ1) is 14.6. The number of Topliss-reactive ketones (excluding diaryl/α,β-unsaturated/α-hetero) is 1. The summed E-state index contributed by atoms with van der Waals surface area (Å²) in [6, 6.07) is 10.2. The van der Waals surface area contributed by atoms with Gasteiger partial charge >= 0.3 is 0 Å². The van der Waals surface area contributed by atoms with Gasteiger partial charge in [-0.15, -0.1) is 11.3 Å². The highest BCUT2D eigenvalue weighted by molar-refractivity contribution is 7.16. The van der Waals surface area contributed by atoms with Crippen LogP contribution >= 0.6 is 11.3 Å². The van der Waals surface area contributed by atoms with Gasteiger partial charge in [0.25, 0.3) is 0 Å². The second kappa shape index (κ2) is 5.01. The molecule has 2 aromatic rings. The van der Waals surface area contributed by atoms with Crippen LogP contribution < -0.4 is 10.6 Å². The van der Waals surface area contributed by atoms with Crippen LogP contribution in [-0.2, 0) is 6.54 Å². The fourth-order valence-electron chi connectivity index (χ4n) is 3.45. The van der Waals surface area contributed by atoms with Gasteiger partial charge < -0.3 is 10.6 Å². The number of hydrogen-bond donors (Lipinski definition) is 1. The number of anilines is 1. The molecular weight excluding hydrogens is 306 g/mol. The van der Waals surface area contributed by atoms with Crippen molar-refractivity contribution in [1.29, 1.82) is 0 Å². The van der Waals surface area contributed by atoms with Gasteiger partial charge in [-0.3, -0.25) is 4.79 Å². The number of aliphatic imine (C=N–C) groups is 1. The Kier molecular flexibility index (Phi) is 3.18. The quantitative estimate of drug-likeness (QED) is 0.916. The molecule has 2 aliphatic rings. The minimum Gasteiger partial charge on any atom is -0.329 e. The average Bonchev–Trinajstić information content (AvgIpc) is 3.09. The smallest absolute Gasteiger partial charge is 0.179 e. The Balaban J connectivity index is 1.80. The fourth-order valence-corrected chi connectivity index (χ4v) is 4.33. The van der Waals surface area contributed by atoms with Gasteiger partial charge in [0.15, 0.2) is 5.78 Å². The lowest BCUT2D eigenvalue weighted by atomic mass is 9.79. The van der Waals surface area contributed by atoms with E-state index in [9.17, 15) is 4.79 Å². The monoisotopic (exact) mass is 325 g/mol. The Morgan fingerprint density at radius 1 is 1.35 bits per heavy atom. The summed E-state index contributed by atoms with van der Waals surface area (Å²) in [4.78, 5) is 21.2. The van der Waals surface area contributed by atoms with E-state index < -0.39 is 5.41 Å². The third kappa shape index (κ3) is 2.07. The number of nitrogens with two attached hydrogens (primary N) is 1. The van der Waals surface area contributed by atoms with E-state index in [0.717, 1.165) is 45.5 Å². The first-order chi connectivity index (χ1) is 11.0. The van der Waals surface area contributed by atoms with Crippen molar-refractivity contribution in [2.24, 2.45) is 16.1 Å². The number of benzene rings is 1. The normalized spacial score (nSPS) is 22.8. The van der Waals surface area contributed by atoms with Gasteiger partial charge in [-0.1, -0.05) is 12.1 Å². The summed E-state index contributed by atoms with van der Waals surface area (Å²) in [5.41, 5.74) is 8.14. The third-order valence-corrected chi connectivity index (χ3v) is 5.80. The Hall–Kier alpha value is -1.98. The summed E-state index contributed by atoms with van der Waals surface area (Å²) < 4.78 is 0. The molecule has 0 radical (unpaired) electrons. The molecule has 1 unspecified atom stereocenters. The lowest BCUT2D eigenvalue weighted by Gasteiger charge is -2.29. The van der Waals surface area contributed by atoms with Gasteiger partial charge in [-0.25, -0.2) is 4.99 Å². The van der Waals surface area contributed by atoms with Gasteiger partial charge in [-0.05, 0) is 44.0 Å². The minimum absolute atomic E-state index is 0.211. The van der Waals surface area contributed by atoms with Gasteiger partial charge in [0.1, 0.15) is 10.8 Å².